The summed E-state index contributed by atoms with van der Waals surface area (Å²) in [6, 6.07) is 1.21. The van der Waals surface area contributed by atoms with Gasteiger partial charge in [0.05, 0.1) is 17.2 Å². The third-order valence-electron chi connectivity index (χ3n) is 2.47. The van der Waals surface area contributed by atoms with E-state index in [1.165, 1.54) is 0 Å². The van der Waals surface area contributed by atoms with Crippen LogP contribution in [0.2, 0.25) is 0 Å². The van der Waals surface area contributed by atoms with Gasteiger partial charge in [-0.25, -0.2) is 0 Å². The predicted octanol–water partition coefficient (Wildman–Crippen LogP) is 4.90. The SMILES string of the molecule is CCC(C)Oc1cc(C(F)(F)F)cc(C(F)(F)F)c1. The first-order valence-corrected chi connectivity index (χ1v) is 5.50. The number of hydrogen-bond acceptors (Lipinski definition) is 1. The number of benzene rings is 1. The van der Waals surface area contributed by atoms with Gasteiger partial charge in [-0.15, -0.1) is 0 Å². The zero-order valence-electron chi connectivity index (χ0n) is 10.2. The van der Waals surface area contributed by atoms with Crippen molar-refractivity contribution in [2.45, 2.75) is 38.7 Å². The van der Waals surface area contributed by atoms with Crippen LogP contribution in [0.5, 0.6) is 5.75 Å². The Morgan fingerprint density at radius 3 is 1.68 bits per heavy atom. The van der Waals surface area contributed by atoms with E-state index in [0.717, 1.165) is 0 Å². The molecule has 0 aliphatic rings. The molecule has 0 fully saturated rings. The predicted molar refractivity (Wildman–Crippen MR) is 56.8 cm³/mol. The molecule has 0 aromatic heterocycles. The van der Waals surface area contributed by atoms with Crippen LogP contribution in [0.1, 0.15) is 31.4 Å². The maximum absolute atomic E-state index is 12.5. The maximum Gasteiger partial charge on any atom is 0.416 e. The van der Waals surface area contributed by atoms with Crippen molar-refractivity contribution in [3.63, 3.8) is 0 Å². The first kappa shape index (κ1) is 15.7. The van der Waals surface area contributed by atoms with Crippen LogP contribution < -0.4 is 4.74 Å². The molecule has 0 amide bonds. The summed E-state index contributed by atoms with van der Waals surface area (Å²) in [7, 11) is 0. The van der Waals surface area contributed by atoms with Gasteiger partial charge in [-0.05, 0) is 31.5 Å². The fraction of sp³-hybridized carbons (Fsp3) is 0.500. The number of rotatable bonds is 3. The lowest BCUT2D eigenvalue weighted by Gasteiger charge is -2.17. The zero-order chi connectivity index (χ0) is 14.8. The molecule has 1 aromatic rings. The summed E-state index contributed by atoms with van der Waals surface area (Å²) in [5, 5.41) is 0. The minimum Gasteiger partial charge on any atom is -0.491 e. The summed E-state index contributed by atoms with van der Waals surface area (Å²) >= 11 is 0. The molecule has 0 aliphatic carbocycles. The Kier molecular flexibility index (Phi) is 4.37. The lowest BCUT2D eigenvalue weighted by atomic mass is 10.1. The van der Waals surface area contributed by atoms with Gasteiger partial charge in [0.1, 0.15) is 5.75 Å². The van der Waals surface area contributed by atoms with E-state index in [1.807, 2.05) is 0 Å². The minimum absolute atomic E-state index is 0.0729. The molecule has 0 aliphatic heterocycles. The Morgan fingerprint density at radius 2 is 1.37 bits per heavy atom. The smallest absolute Gasteiger partial charge is 0.416 e. The van der Waals surface area contributed by atoms with Crippen molar-refractivity contribution in [3.05, 3.63) is 29.3 Å². The van der Waals surface area contributed by atoms with E-state index in [1.54, 1.807) is 13.8 Å². The van der Waals surface area contributed by atoms with Crippen molar-refractivity contribution in [2.75, 3.05) is 0 Å². The molecular formula is C12H12F6O. The van der Waals surface area contributed by atoms with Crippen LogP contribution in [0.4, 0.5) is 26.3 Å². The number of alkyl halides is 6. The van der Waals surface area contributed by atoms with Crippen LogP contribution in [0.15, 0.2) is 18.2 Å². The molecule has 0 heterocycles. The highest BCUT2D eigenvalue weighted by Gasteiger charge is 2.37. The second kappa shape index (κ2) is 5.30. The lowest BCUT2D eigenvalue weighted by Crippen LogP contribution is -2.14. The van der Waals surface area contributed by atoms with E-state index >= 15 is 0 Å². The van der Waals surface area contributed by atoms with Gasteiger partial charge < -0.3 is 4.74 Å². The summed E-state index contributed by atoms with van der Waals surface area (Å²) in [6.45, 7) is 3.27. The van der Waals surface area contributed by atoms with Crippen molar-refractivity contribution in [1.29, 1.82) is 0 Å². The molecule has 1 nitrogen and oxygen atoms in total. The molecule has 19 heavy (non-hydrogen) atoms. The molecular weight excluding hydrogens is 274 g/mol. The van der Waals surface area contributed by atoms with Crippen molar-refractivity contribution in [3.8, 4) is 5.75 Å². The van der Waals surface area contributed by atoms with E-state index < -0.39 is 35.3 Å². The summed E-state index contributed by atoms with van der Waals surface area (Å²) in [5.74, 6) is -0.434. The second-order valence-electron chi connectivity index (χ2n) is 4.08. The van der Waals surface area contributed by atoms with Gasteiger partial charge in [0.15, 0.2) is 0 Å². The first-order chi connectivity index (χ1) is 8.54. The quantitative estimate of drug-likeness (QED) is 0.718. The van der Waals surface area contributed by atoms with E-state index in [-0.39, 0.29) is 6.07 Å². The molecule has 0 bridgehead atoms. The van der Waals surface area contributed by atoms with Crippen molar-refractivity contribution < 1.29 is 31.1 Å². The second-order valence-corrected chi connectivity index (χ2v) is 4.08. The van der Waals surface area contributed by atoms with Gasteiger partial charge in [0.2, 0.25) is 0 Å². The highest BCUT2D eigenvalue weighted by atomic mass is 19.4. The lowest BCUT2D eigenvalue weighted by molar-refractivity contribution is -0.143. The van der Waals surface area contributed by atoms with E-state index in [4.69, 9.17) is 4.74 Å². The van der Waals surface area contributed by atoms with Gasteiger partial charge >= 0.3 is 12.4 Å². The molecule has 1 atom stereocenters. The van der Waals surface area contributed by atoms with Crippen LogP contribution in [0.3, 0.4) is 0 Å². The van der Waals surface area contributed by atoms with E-state index in [2.05, 4.69) is 0 Å². The standard InChI is InChI=1S/C12H12F6O/c1-3-7(2)19-10-5-8(11(13,14)15)4-9(6-10)12(16,17)18/h4-7H,3H2,1-2H3. The highest BCUT2D eigenvalue weighted by Crippen LogP contribution is 2.38. The molecule has 0 saturated carbocycles. The molecule has 0 saturated heterocycles. The third kappa shape index (κ3) is 4.33. The van der Waals surface area contributed by atoms with Gasteiger partial charge in [0.25, 0.3) is 0 Å². The van der Waals surface area contributed by atoms with Crippen LogP contribution in [0.25, 0.3) is 0 Å². The average Bonchev–Trinajstić information content (AvgIpc) is 2.26. The normalized spacial score (nSPS) is 14.3. The molecule has 108 valence electrons. The zero-order valence-corrected chi connectivity index (χ0v) is 10.2. The Morgan fingerprint density at radius 1 is 0.947 bits per heavy atom. The van der Waals surface area contributed by atoms with Gasteiger partial charge in [-0.1, -0.05) is 6.92 Å². The summed E-state index contributed by atoms with van der Waals surface area (Å²) in [5.41, 5.74) is -2.75. The molecule has 1 aromatic carbocycles. The van der Waals surface area contributed by atoms with Crippen molar-refractivity contribution in [2.24, 2.45) is 0 Å². The Balaban J connectivity index is 3.25. The summed E-state index contributed by atoms with van der Waals surface area (Å²) in [4.78, 5) is 0. The number of ether oxygens (including phenoxy) is 1. The number of halogens is 6. The fourth-order valence-electron chi connectivity index (χ4n) is 1.31. The largest absolute Gasteiger partial charge is 0.491 e. The van der Waals surface area contributed by atoms with E-state index in [0.29, 0.717) is 18.6 Å². The summed E-state index contributed by atoms with van der Waals surface area (Å²) < 4.78 is 80.2. The third-order valence-corrected chi connectivity index (χ3v) is 2.47. The number of hydrogen-bond donors (Lipinski definition) is 0. The molecule has 1 unspecified atom stereocenters. The maximum atomic E-state index is 12.5. The fourth-order valence-corrected chi connectivity index (χ4v) is 1.31. The van der Waals surface area contributed by atoms with Crippen LogP contribution in [-0.4, -0.2) is 6.10 Å². The molecule has 0 radical (unpaired) electrons. The average molecular weight is 286 g/mol. The Bertz CT molecular complexity index is 403. The highest BCUT2D eigenvalue weighted by molar-refractivity contribution is 5.37. The van der Waals surface area contributed by atoms with Crippen LogP contribution in [-0.2, 0) is 12.4 Å². The van der Waals surface area contributed by atoms with Gasteiger partial charge in [0, 0.05) is 0 Å². The van der Waals surface area contributed by atoms with Gasteiger partial charge in [-0.3, -0.25) is 0 Å². The minimum atomic E-state index is -4.85. The topological polar surface area (TPSA) is 9.23 Å². The molecule has 1 rings (SSSR count). The Labute approximate surface area is 106 Å². The molecule has 0 N–H and O–H groups in total. The first-order valence-electron chi connectivity index (χ1n) is 5.50. The molecule has 7 heteroatoms. The van der Waals surface area contributed by atoms with Crippen LogP contribution in [0, 0.1) is 0 Å². The molecule has 0 spiro atoms. The van der Waals surface area contributed by atoms with Gasteiger partial charge in [-0.2, -0.15) is 26.3 Å². The Hall–Kier alpha value is -1.40. The summed E-state index contributed by atoms with van der Waals surface area (Å²) in [6.07, 6.45) is -9.70. The van der Waals surface area contributed by atoms with E-state index in [9.17, 15) is 26.3 Å². The van der Waals surface area contributed by atoms with Crippen molar-refractivity contribution in [1.82, 2.24) is 0 Å². The van der Waals surface area contributed by atoms with Crippen LogP contribution >= 0.6 is 0 Å². The monoisotopic (exact) mass is 286 g/mol. The van der Waals surface area contributed by atoms with Crippen molar-refractivity contribution >= 4 is 0 Å².